The molecule has 0 aliphatic carbocycles. The molecule has 0 aliphatic heterocycles. The smallest absolute Gasteiger partial charge is 0.263 e. The summed E-state index contributed by atoms with van der Waals surface area (Å²) in [6.45, 7) is 10.6. The van der Waals surface area contributed by atoms with Crippen LogP contribution in [-0.4, -0.2) is 27.5 Å². The van der Waals surface area contributed by atoms with Crippen molar-refractivity contribution in [3.05, 3.63) is 87.9 Å². The molecule has 186 valence electrons. The van der Waals surface area contributed by atoms with Crippen molar-refractivity contribution < 1.29 is 17.9 Å². The minimum atomic E-state index is -4.01. The molecule has 6 nitrogen and oxygen atoms in total. The minimum Gasteiger partial charge on any atom is -0.491 e. The van der Waals surface area contributed by atoms with Gasteiger partial charge in [0.25, 0.3) is 15.9 Å². The first kappa shape index (κ1) is 26.6. The molecular weight excluding hydrogens is 484 g/mol. The lowest BCUT2D eigenvalue weighted by Crippen LogP contribution is -2.28. The molecule has 8 heteroatoms. The van der Waals surface area contributed by atoms with Gasteiger partial charge in [-0.2, -0.15) is 0 Å². The number of ether oxygens (including phenoxy) is 1. The summed E-state index contributed by atoms with van der Waals surface area (Å²) in [7, 11) is -4.01. The quantitative estimate of drug-likeness (QED) is 0.368. The Morgan fingerprint density at radius 2 is 1.71 bits per heavy atom. The average Bonchev–Trinajstić information content (AvgIpc) is 2.79. The first-order valence-electron chi connectivity index (χ1n) is 11.3. The number of nitrogens with one attached hydrogen (secondary N) is 2. The van der Waals surface area contributed by atoms with Crippen molar-refractivity contribution in [2.24, 2.45) is 0 Å². The van der Waals surface area contributed by atoms with Crippen molar-refractivity contribution in [3.63, 3.8) is 0 Å². The van der Waals surface area contributed by atoms with Crippen LogP contribution in [0.1, 0.15) is 47.8 Å². The zero-order chi connectivity index (χ0) is 25.8. The van der Waals surface area contributed by atoms with E-state index < -0.39 is 15.9 Å². The van der Waals surface area contributed by atoms with Crippen molar-refractivity contribution in [2.45, 2.75) is 44.9 Å². The number of para-hydroxylation sites is 1. The Balaban J connectivity index is 1.68. The van der Waals surface area contributed by atoms with Gasteiger partial charge in [-0.25, -0.2) is 8.42 Å². The van der Waals surface area contributed by atoms with Gasteiger partial charge >= 0.3 is 0 Å². The minimum absolute atomic E-state index is 0.0291. The summed E-state index contributed by atoms with van der Waals surface area (Å²) in [5.41, 5.74) is 3.42. The number of amides is 1. The van der Waals surface area contributed by atoms with E-state index in [9.17, 15) is 13.2 Å². The van der Waals surface area contributed by atoms with Gasteiger partial charge in [0.15, 0.2) is 0 Å². The predicted octanol–water partition coefficient (Wildman–Crippen LogP) is 5.86. The van der Waals surface area contributed by atoms with Gasteiger partial charge in [0.1, 0.15) is 17.3 Å². The number of hydrogen-bond donors (Lipinski definition) is 2. The van der Waals surface area contributed by atoms with Gasteiger partial charge in [0.2, 0.25) is 0 Å². The number of carbonyl (C=O) groups excluding carboxylic acids is 1. The molecular formula is C27H31ClN2O4S. The largest absolute Gasteiger partial charge is 0.491 e. The molecule has 35 heavy (non-hydrogen) atoms. The number of rotatable bonds is 8. The van der Waals surface area contributed by atoms with Crippen LogP contribution in [0.5, 0.6) is 5.75 Å². The maximum atomic E-state index is 13.0. The fourth-order valence-corrected chi connectivity index (χ4v) is 5.20. The Kier molecular flexibility index (Phi) is 8.13. The van der Waals surface area contributed by atoms with Crippen molar-refractivity contribution >= 4 is 33.2 Å². The third kappa shape index (κ3) is 6.55. The van der Waals surface area contributed by atoms with Crippen molar-refractivity contribution in [1.82, 2.24) is 5.32 Å². The van der Waals surface area contributed by atoms with Crippen LogP contribution in [0.15, 0.2) is 65.6 Å². The highest BCUT2D eigenvalue weighted by molar-refractivity contribution is 7.92. The summed E-state index contributed by atoms with van der Waals surface area (Å²) in [5.74, 6) is 0.351. The van der Waals surface area contributed by atoms with E-state index in [1.807, 2.05) is 44.2 Å². The molecule has 0 spiro atoms. The van der Waals surface area contributed by atoms with E-state index in [1.165, 1.54) is 18.2 Å². The third-order valence-corrected chi connectivity index (χ3v) is 7.52. The molecule has 0 saturated carbocycles. The number of aryl methyl sites for hydroxylation is 1. The van der Waals surface area contributed by atoms with Crippen LogP contribution >= 0.6 is 11.6 Å². The average molecular weight is 515 g/mol. The summed E-state index contributed by atoms with van der Waals surface area (Å²) < 4.78 is 34.6. The standard InChI is InChI=1S/C27H31ClN2O4S/c1-18-9-8-11-23(19(18)2)30-35(32,33)25-17-20(13-14-22(25)28)26(31)29-15-16-34-24-12-7-6-10-21(24)27(3,4)5/h6-14,17,30H,15-16H2,1-5H3,(H,29,31). The SMILES string of the molecule is Cc1cccc(NS(=O)(=O)c2cc(C(=O)NCCOc3ccccc3C(C)(C)C)ccc2Cl)c1C. The van der Waals surface area contributed by atoms with Crippen LogP contribution in [-0.2, 0) is 15.4 Å². The maximum absolute atomic E-state index is 13.0. The first-order chi connectivity index (χ1) is 16.4. The van der Waals surface area contributed by atoms with Crippen molar-refractivity contribution in [3.8, 4) is 5.75 Å². The van der Waals surface area contributed by atoms with Crippen molar-refractivity contribution in [1.29, 1.82) is 0 Å². The normalized spacial score (nSPS) is 11.7. The van der Waals surface area contributed by atoms with Crippen LogP contribution in [0, 0.1) is 13.8 Å². The fraction of sp³-hybridized carbons (Fsp3) is 0.296. The Morgan fingerprint density at radius 1 is 1.00 bits per heavy atom. The molecule has 0 saturated heterocycles. The highest BCUT2D eigenvalue weighted by atomic mass is 35.5. The summed E-state index contributed by atoms with van der Waals surface area (Å²) in [4.78, 5) is 12.5. The summed E-state index contributed by atoms with van der Waals surface area (Å²) >= 11 is 6.20. The zero-order valence-electron chi connectivity index (χ0n) is 20.6. The lowest BCUT2D eigenvalue weighted by Gasteiger charge is -2.22. The number of benzene rings is 3. The summed E-state index contributed by atoms with van der Waals surface area (Å²) in [5, 5.41) is 2.80. The van der Waals surface area contributed by atoms with E-state index in [-0.39, 0.29) is 34.0 Å². The number of anilines is 1. The maximum Gasteiger partial charge on any atom is 0.263 e. The van der Waals surface area contributed by atoms with Crippen LogP contribution in [0.4, 0.5) is 5.69 Å². The summed E-state index contributed by atoms with van der Waals surface area (Å²) in [6.07, 6.45) is 0. The molecule has 2 N–H and O–H groups in total. The fourth-order valence-electron chi connectivity index (χ4n) is 3.55. The van der Waals surface area contributed by atoms with Crippen molar-refractivity contribution in [2.75, 3.05) is 17.9 Å². The molecule has 0 aromatic heterocycles. The number of sulfonamides is 1. The van der Waals surface area contributed by atoms with E-state index in [0.717, 1.165) is 22.4 Å². The highest BCUT2D eigenvalue weighted by Crippen LogP contribution is 2.31. The zero-order valence-corrected chi connectivity index (χ0v) is 22.2. The second-order valence-electron chi connectivity index (χ2n) is 9.35. The van der Waals surface area contributed by atoms with Crippen LogP contribution in [0.2, 0.25) is 5.02 Å². The molecule has 0 unspecified atom stereocenters. The predicted molar refractivity (Wildman–Crippen MR) is 141 cm³/mol. The second kappa shape index (κ2) is 10.7. The Bertz CT molecular complexity index is 1330. The lowest BCUT2D eigenvalue weighted by molar-refractivity contribution is 0.0946. The van der Waals surface area contributed by atoms with E-state index in [2.05, 4.69) is 30.8 Å². The van der Waals surface area contributed by atoms with Gasteiger partial charge in [-0.1, -0.05) is 62.7 Å². The van der Waals surface area contributed by atoms with Gasteiger partial charge in [-0.3, -0.25) is 9.52 Å². The molecule has 0 radical (unpaired) electrons. The highest BCUT2D eigenvalue weighted by Gasteiger charge is 2.22. The lowest BCUT2D eigenvalue weighted by atomic mass is 9.86. The van der Waals surface area contributed by atoms with E-state index in [1.54, 1.807) is 12.1 Å². The molecule has 0 heterocycles. The first-order valence-corrected chi connectivity index (χ1v) is 13.2. The molecule has 1 amide bonds. The second-order valence-corrected chi connectivity index (χ2v) is 11.4. The molecule has 0 atom stereocenters. The number of carbonyl (C=O) groups is 1. The van der Waals surface area contributed by atoms with E-state index >= 15 is 0 Å². The topological polar surface area (TPSA) is 84.5 Å². The Labute approximate surface area is 212 Å². The molecule has 3 aromatic carbocycles. The molecule has 3 aromatic rings. The van der Waals surface area contributed by atoms with Gasteiger partial charge in [-0.05, 0) is 66.3 Å². The monoisotopic (exact) mass is 514 g/mol. The Morgan fingerprint density at radius 3 is 2.43 bits per heavy atom. The van der Waals surface area contributed by atoms with Crippen LogP contribution in [0.25, 0.3) is 0 Å². The molecule has 0 bridgehead atoms. The third-order valence-electron chi connectivity index (χ3n) is 5.67. The van der Waals surface area contributed by atoms with Crippen LogP contribution < -0.4 is 14.8 Å². The van der Waals surface area contributed by atoms with Gasteiger partial charge < -0.3 is 10.1 Å². The Hall–Kier alpha value is -3.03. The van der Waals surface area contributed by atoms with E-state index in [4.69, 9.17) is 16.3 Å². The molecule has 0 fully saturated rings. The number of halogens is 1. The van der Waals surface area contributed by atoms with Gasteiger partial charge in [-0.15, -0.1) is 0 Å². The number of hydrogen-bond acceptors (Lipinski definition) is 4. The van der Waals surface area contributed by atoms with Gasteiger partial charge in [0, 0.05) is 5.56 Å². The summed E-state index contributed by atoms with van der Waals surface area (Å²) in [6, 6.07) is 17.3. The van der Waals surface area contributed by atoms with E-state index in [0.29, 0.717) is 5.69 Å². The van der Waals surface area contributed by atoms with Gasteiger partial charge in [0.05, 0.1) is 17.3 Å². The molecule has 3 rings (SSSR count). The van der Waals surface area contributed by atoms with Crippen LogP contribution in [0.3, 0.4) is 0 Å². The molecule has 0 aliphatic rings.